The van der Waals surface area contributed by atoms with Crippen LogP contribution in [0.15, 0.2) is 48.7 Å². The Balaban J connectivity index is 1.59. The smallest absolute Gasteiger partial charge is 0.149 e. The third-order valence-corrected chi connectivity index (χ3v) is 4.34. The van der Waals surface area contributed by atoms with Crippen molar-refractivity contribution in [1.82, 2.24) is 4.98 Å². The number of pyridine rings is 1. The van der Waals surface area contributed by atoms with Gasteiger partial charge in [0.2, 0.25) is 0 Å². The highest BCUT2D eigenvalue weighted by atomic mass is 19.1. The summed E-state index contributed by atoms with van der Waals surface area (Å²) in [5.41, 5.74) is 9.10. The van der Waals surface area contributed by atoms with Crippen molar-refractivity contribution in [3.63, 3.8) is 0 Å². The predicted octanol–water partition coefficient (Wildman–Crippen LogP) is 3.71. The maximum Gasteiger partial charge on any atom is 0.149 e. The number of anilines is 2. The quantitative estimate of drug-likeness (QED) is 0.724. The average molecular weight is 293 g/mol. The molecule has 1 unspecified atom stereocenters. The number of nitrogen functional groups attached to an aromatic ring is 1. The SMILES string of the molecule is Nc1ccc2c(NCC3Cc4ccccc43)ncc(F)c2c1. The Morgan fingerprint density at radius 1 is 1.18 bits per heavy atom. The molecule has 4 heteroatoms. The first-order valence-electron chi connectivity index (χ1n) is 7.38. The summed E-state index contributed by atoms with van der Waals surface area (Å²) in [6.07, 6.45) is 2.33. The van der Waals surface area contributed by atoms with Crippen LogP contribution in [-0.4, -0.2) is 11.5 Å². The van der Waals surface area contributed by atoms with E-state index in [0.29, 0.717) is 22.8 Å². The summed E-state index contributed by atoms with van der Waals surface area (Å²) in [5.74, 6) is 0.856. The summed E-state index contributed by atoms with van der Waals surface area (Å²) in [7, 11) is 0. The summed E-state index contributed by atoms with van der Waals surface area (Å²) in [6.45, 7) is 0.801. The van der Waals surface area contributed by atoms with Crippen LogP contribution < -0.4 is 11.1 Å². The van der Waals surface area contributed by atoms with Crippen LogP contribution in [0.5, 0.6) is 0 Å². The van der Waals surface area contributed by atoms with Crippen molar-refractivity contribution >= 4 is 22.3 Å². The largest absolute Gasteiger partial charge is 0.399 e. The summed E-state index contributed by atoms with van der Waals surface area (Å²) in [5, 5.41) is 4.63. The molecule has 1 heterocycles. The normalized spacial score (nSPS) is 16.1. The molecule has 0 aliphatic heterocycles. The molecule has 22 heavy (non-hydrogen) atoms. The van der Waals surface area contributed by atoms with Gasteiger partial charge in [0.05, 0.1) is 6.20 Å². The predicted molar refractivity (Wildman–Crippen MR) is 87.5 cm³/mol. The molecule has 0 bridgehead atoms. The molecule has 1 aliphatic rings. The van der Waals surface area contributed by atoms with Crippen LogP contribution in [-0.2, 0) is 6.42 Å². The van der Waals surface area contributed by atoms with E-state index in [1.165, 1.54) is 17.3 Å². The molecular weight excluding hydrogens is 277 g/mol. The first-order chi connectivity index (χ1) is 10.7. The first kappa shape index (κ1) is 13.1. The molecule has 0 radical (unpaired) electrons. The molecule has 110 valence electrons. The summed E-state index contributed by atoms with van der Waals surface area (Å²) in [4.78, 5) is 4.20. The van der Waals surface area contributed by atoms with Crippen LogP contribution in [0, 0.1) is 5.82 Å². The molecule has 0 saturated heterocycles. The van der Waals surface area contributed by atoms with Crippen molar-refractivity contribution in [2.75, 3.05) is 17.6 Å². The van der Waals surface area contributed by atoms with Crippen molar-refractivity contribution in [1.29, 1.82) is 0 Å². The standard InChI is InChI=1S/C18H16FN3/c19-17-10-22-18(15-6-5-13(20)8-16(15)17)21-9-12-7-11-3-1-2-4-14(11)12/h1-6,8,10,12H,7,9,20H2,(H,21,22). The van der Waals surface area contributed by atoms with Gasteiger partial charge in [-0.15, -0.1) is 0 Å². The van der Waals surface area contributed by atoms with Crippen molar-refractivity contribution < 1.29 is 4.39 Å². The van der Waals surface area contributed by atoms with Crippen molar-refractivity contribution in [2.45, 2.75) is 12.3 Å². The number of benzene rings is 2. The topological polar surface area (TPSA) is 50.9 Å². The minimum absolute atomic E-state index is 0.346. The van der Waals surface area contributed by atoms with Gasteiger partial charge >= 0.3 is 0 Å². The highest BCUT2D eigenvalue weighted by molar-refractivity contribution is 5.94. The lowest BCUT2D eigenvalue weighted by Crippen LogP contribution is -2.24. The molecule has 4 rings (SSSR count). The van der Waals surface area contributed by atoms with Gasteiger partial charge in [-0.3, -0.25) is 0 Å². The van der Waals surface area contributed by atoms with Gasteiger partial charge in [0.15, 0.2) is 0 Å². The Morgan fingerprint density at radius 2 is 2.05 bits per heavy atom. The molecule has 2 aromatic carbocycles. The third-order valence-electron chi connectivity index (χ3n) is 4.34. The Bertz CT molecular complexity index is 860. The molecule has 1 atom stereocenters. The number of halogens is 1. The van der Waals surface area contributed by atoms with Crippen LogP contribution in [0.2, 0.25) is 0 Å². The summed E-state index contributed by atoms with van der Waals surface area (Å²) in [6, 6.07) is 13.7. The number of nitrogens with two attached hydrogens (primary N) is 1. The van der Waals surface area contributed by atoms with Crippen LogP contribution >= 0.6 is 0 Å². The van der Waals surface area contributed by atoms with Gasteiger partial charge in [-0.2, -0.15) is 0 Å². The van der Waals surface area contributed by atoms with E-state index in [2.05, 4.69) is 34.6 Å². The minimum atomic E-state index is -0.346. The molecule has 1 aliphatic carbocycles. The lowest BCUT2D eigenvalue weighted by atomic mass is 9.77. The minimum Gasteiger partial charge on any atom is -0.399 e. The molecule has 0 fully saturated rings. The van der Waals surface area contributed by atoms with E-state index in [0.717, 1.165) is 18.4 Å². The van der Waals surface area contributed by atoms with Gasteiger partial charge in [0.1, 0.15) is 11.6 Å². The number of aromatic nitrogens is 1. The lowest BCUT2D eigenvalue weighted by Gasteiger charge is -2.30. The van der Waals surface area contributed by atoms with Gasteiger partial charge in [0.25, 0.3) is 0 Å². The van der Waals surface area contributed by atoms with Crippen LogP contribution in [0.4, 0.5) is 15.9 Å². The van der Waals surface area contributed by atoms with E-state index in [1.54, 1.807) is 12.1 Å². The molecule has 3 aromatic rings. The highest BCUT2D eigenvalue weighted by Gasteiger charge is 2.25. The second-order valence-electron chi connectivity index (χ2n) is 5.74. The van der Waals surface area contributed by atoms with E-state index >= 15 is 0 Å². The van der Waals surface area contributed by atoms with E-state index in [1.807, 2.05) is 6.07 Å². The molecule has 3 nitrogen and oxygen atoms in total. The van der Waals surface area contributed by atoms with Gasteiger partial charge in [0, 0.05) is 28.9 Å². The van der Waals surface area contributed by atoms with Gasteiger partial charge < -0.3 is 11.1 Å². The number of nitrogens with zero attached hydrogens (tertiary/aromatic N) is 1. The summed E-state index contributed by atoms with van der Waals surface area (Å²) >= 11 is 0. The van der Waals surface area contributed by atoms with Crippen molar-refractivity contribution in [3.8, 4) is 0 Å². The average Bonchev–Trinajstić information content (AvgIpc) is 2.50. The fourth-order valence-corrected chi connectivity index (χ4v) is 3.13. The molecule has 0 spiro atoms. The first-order valence-corrected chi connectivity index (χ1v) is 7.38. The Labute approximate surface area is 128 Å². The zero-order valence-corrected chi connectivity index (χ0v) is 12.0. The second-order valence-corrected chi connectivity index (χ2v) is 5.74. The van der Waals surface area contributed by atoms with E-state index < -0.39 is 0 Å². The maximum absolute atomic E-state index is 13.9. The molecule has 3 N–H and O–H groups in total. The lowest BCUT2D eigenvalue weighted by molar-refractivity contribution is 0.629. The van der Waals surface area contributed by atoms with Crippen LogP contribution in [0.1, 0.15) is 17.0 Å². The van der Waals surface area contributed by atoms with Crippen LogP contribution in [0.25, 0.3) is 10.8 Å². The molecular formula is C18H16FN3. The van der Waals surface area contributed by atoms with Crippen molar-refractivity contribution in [2.24, 2.45) is 0 Å². The van der Waals surface area contributed by atoms with Crippen molar-refractivity contribution in [3.05, 3.63) is 65.6 Å². The monoisotopic (exact) mass is 293 g/mol. The second kappa shape index (κ2) is 4.98. The number of fused-ring (bicyclic) bond motifs is 2. The van der Waals surface area contributed by atoms with Gasteiger partial charge in [-0.25, -0.2) is 9.37 Å². The fourth-order valence-electron chi connectivity index (χ4n) is 3.13. The molecule has 0 amide bonds. The number of hydrogen-bond acceptors (Lipinski definition) is 3. The van der Waals surface area contributed by atoms with E-state index in [-0.39, 0.29) is 5.82 Å². The number of rotatable bonds is 3. The Morgan fingerprint density at radius 3 is 2.91 bits per heavy atom. The zero-order chi connectivity index (χ0) is 15.1. The third kappa shape index (κ3) is 2.08. The maximum atomic E-state index is 13.9. The number of nitrogens with one attached hydrogen (secondary N) is 1. The Hall–Kier alpha value is -2.62. The fraction of sp³-hybridized carbons (Fsp3) is 0.167. The van der Waals surface area contributed by atoms with Crippen LogP contribution in [0.3, 0.4) is 0 Å². The molecule has 1 aromatic heterocycles. The van der Waals surface area contributed by atoms with Gasteiger partial charge in [-0.1, -0.05) is 24.3 Å². The summed E-state index contributed by atoms with van der Waals surface area (Å²) < 4.78 is 13.9. The van der Waals surface area contributed by atoms with E-state index in [9.17, 15) is 4.39 Å². The number of hydrogen-bond donors (Lipinski definition) is 2. The zero-order valence-electron chi connectivity index (χ0n) is 12.0. The van der Waals surface area contributed by atoms with Gasteiger partial charge in [-0.05, 0) is 35.7 Å². The molecule has 0 saturated carbocycles. The van der Waals surface area contributed by atoms with E-state index in [4.69, 9.17) is 5.73 Å². The highest BCUT2D eigenvalue weighted by Crippen LogP contribution is 2.35. The Kier molecular flexibility index (Phi) is 2.96.